The molecule has 0 fully saturated rings. The van der Waals surface area contributed by atoms with Crippen molar-refractivity contribution in [3.8, 4) is 0 Å². The molecule has 214 valence electrons. The van der Waals surface area contributed by atoms with Gasteiger partial charge in [-0.2, -0.15) is 0 Å². The van der Waals surface area contributed by atoms with Crippen LogP contribution in [0.15, 0.2) is 23.3 Å². The van der Waals surface area contributed by atoms with Gasteiger partial charge in [0, 0.05) is 36.1 Å². The molecule has 0 amide bonds. The zero-order chi connectivity index (χ0) is 29.4. The van der Waals surface area contributed by atoms with Crippen LogP contribution in [0.1, 0.15) is 95.3 Å². The third-order valence-corrected chi connectivity index (χ3v) is 7.55. The number of aldehydes is 1. The summed E-state index contributed by atoms with van der Waals surface area (Å²) in [5.41, 5.74) is 7.55. The number of nitrogens with one attached hydrogen (secondary N) is 1. The molecule has 0 aliphatic heterocycles. The highest BCUT2D eigenvalue weighted by molar-refractivity contribution is 5.96. The minimum absolute atomic E-state index is 0.123. The van der Waals surface area contributed by atoms with Gasteiger partial charge in [-0.3, -0.25) is 4.79 Å². The number of pyridine rings is 1. The van der Waals surface area contributed by atoms with Gasteiger partial charge in [-0.1, -0.05) is 40.7 Å². The van der Waals surface area contributed by atoms with Crippen LogP contribution in [0.3, 0.4) is 0 Å². The number of carbonyl (C=O) groups excluding carboxylic acids is 2. The van der Waals surface area contributed by atoms with Gasteiger partial charge in [-0.25, -0.2) is 9.37 Å². The van der Waals surface area contributed by atoms with Crippen LogP contribution in [0.5, 0.6) is 0 Å². The molecule has 0 bridgehead atoms. The van der Waals surface area contributed by atoms with Crippen LogP contribution >= 0.6 is 0 Å². The minimum Gasteiger partial charge on any atom is -0.380 e. The molecule has 1 aliphatic carbocycles. The monoisotopic (exact) mass is 538 g/mol. The number of methoxy groups -OCH3 is 1. The molecular weight excluding hydrogens is 491 g/mol. The van der Waals surface area contributed by atoms with E-state index in [2.05, 4.69) is 19.2 Å². The van der Waals surface area contributed by atoms with Crippen LogP contribution in [0.4, 0.5) is 4.39 Å². The number of aromatic nitrogens is 1. The highest BCUT2D eigenvalue weighted by atomic mass is 19.1. The average Bonchev–Trinajstić information content (AvgIpc) is 2.91. The second-order valence-corrected chi connectivity index (χ2v) is 10.6. The molecule has 1 aliphatic rings. The van der Waals surface area contributed by atoms with E-state index in [0.29, 0.717) is 34.6 Å². The molecule has 0 spiro atoms. The fourth-order valence-electron chi connectivity index (χ4n) is 5.64. The van der Waals surface area contributed by atoms with Crippen molar-refractivity contribution in [2.45, 2.75) is 87.1 Å². The standard InChI is InChI=1S/C31H41FN2O3.C2H6/c1-9-21(15-35)23(25(16-37-8)20(6)36)13-18(4)31-24(12-17(2)3)30-27(33-7)11-10-22-19(5)26(32)14-28(34-31)29(22)30;1-2/h13-15,17,21,27,33H,9-12,16H2,1-8H3;1-2H3/b18-13+,25-23+;. The van der Waals surface area contributed by atoms with E-state index >= 15 is 0 Å². The normalized spacial score (nSPS) is 16.5. The van der Waals surface area contributed by atoms with Crippen molar-refractivity contribution in [1.29, 1.82) is 0 Å². The Labute approximate surface area is 234 Å². The topological polar surface area (TPSA) is 68.3 Å². The lowest BCUT2D eigenvalue weighted by atomic mass is 9.79. The van der Waals surface area contributed by atoms with E-state index in [1.807, 2.05) is 47.7 Å². The first kappa shape index (κ1) is 32.5. The number of rotatable bonds is 11. The Hall–Kier alpha value is -2.70. The van der Waals surface area contributed by atoms with Gasteiger partial charge in [0.05, 0.1) is 17.8 Å². The molecule has 0 radical (unpaired) electrons. The van der Waals surface area contributed by atoms with E-state index in [1.165, 1.54) is 12.5 Å². The van der Waals surface area contributed by atoms with Gasteiger partial charge < -0.3 is 14.8 Å². The molecule has 0 saturated heterocycles. The maximum Gasteiger partial charge on any atom is 0.158 e. The van der Waals surface area contributed by atoms with Crippen molar-refractivity contribution >= 4 is 28.5 Å². The van der Waals surface area contributed by atoms with Crippen LogP contribution < -0.4 is 5.32 Å². The Morgan fingerprint density at radius 3 is 2.46 bits per heavy atom. The Morgan fingerprint density at radius 1 is 1.28 bits per heavy atom. The Bertz CT molecular complexity index is 1260. The summed E-state index contributed by atoms with van der Waals surface area (Å²) in [5, 5.41) is 4.55. The third-order valence-electron chi connectivity index (χ3n) is 7.55. The Balaban J connectivity index is 0.00000260. The second-order valence-electron chi connectivity index (χ2n) is 10.6. The molecule has 1 aromatic heterocycles. The molecule has 2 unspecified atom stereocenters. The summed E-state index contributed by atoms with van der Waals surface area (Å²) in [6.07, 6.45) is 5.88. The third kappa shape index (κ3) is 6.90. The van der Waals surface area contributed by atoms with Gasteiger partial charge in [0.25, 0.3) is 0 Å². The highest BCUT2D eigenvalue weighted by Gasteiger charge is 2.29. The maximum atomic E-state index is 15.0. The Kier molecular flexibility index (Phi) is 12.2. The fraction of sp³-hybridized carbons (Fsp3) is 0.545. The summed E-state index contributed by atoms with van der Waals surface area (Å²) in [4.78, 5) is 29.6. The predicted octanol–water partition coefficient (Wildman–Crippen LogP) is 7.27. The molecule has 0 saturated carbocycles. The van der Waals surface area contributed by atoms with Crippen molar-refractivity contribution in [2.75, 3.05) is 20.8 Å². The van der Waals surface area contributed by atoms with Crippen molar-refractivity contribution in [2.24, 2.45) is 11.8 Å². The number of hydrogen-bond donors (Lipinski definition) is 1. The molecule has 5 nitrogen and oxygen atoms in total. The van der Waals surface area contributed by atoms with Gasteiger partial charge in [0.1, 0.15) is 12.1 Å². The molecule has 39 heavy (non-hydrogen) atoms. The predicted molar refractivity (Wildman–Crippen MR) is 160 cm³/mol. The first-order valence-electron chi connectivity index (χ1n) is 14.3. The zero-order valence-electron chi connectivity index (χ0n) is 25.5. The van der Waals surface area contributed by atoms with Crippen LogP contribution in [0.25, 0.3) is 16.5 Å². The smallest absolute Gasteiger partial charge is 0.158 e. The molecule has 6 heteroatoms. The number of allylic oxidation sites excluding steroid dienone is 3. The van der Waals surface area contributed by atoms with Gasteiger partial charge in [-0.15, -0.1) is 0 Å². The zero-order valence-corrected chi connectivity index (χ0v) is 25.5. The van der Waals surface area contributed by atoms with E-state index in [0.717, 1.165) is 53.3 Å². The highest BCUT2D eigenvalue weighted by Crippen LogP contribution is 2.42. The molecular formula is C33H47FN2O3. The first-order chi connectivity index (χ1) is 18.6. The summed E-state index contributed by atoms with van der Waals surface area (Å²) in [7, 11) is 3.52. The van der Waals surface area contributed by atoms with Crippen molar-refractivity contribution < 1.29 is 18.7 Å². The number of carbonyl (C=O) groups is 2. The van der Waals surface area contributed by atoms with E-state index in [-0.39, 0.29) is 24.2 Å². The molecule has 1 aromatic carbocycles. The van der Waals surface area contributed by atoms with Crippen molar-refractivity contribution in [3.05, 3.63) is 57.1 Å². The number of ketones is 1. The molecule has 3 rings (SSSR count). The second kappa shape index (κ2) is 14.6. The van der Waals surface area contributed by atoms with Gasteiger partial charge >= 0.3 is 0 Å². The number of ether oxygens (including phenoxy) is 1. The Morgan fingerprint density at radius 2 is 1.95 bits per heavy atom. The SMILES string of the molecule is CC.CCC(C=O)C(/C=C(\C)c1nc2cc(F)c(C)c3c2c(c1CC(C)C)C(NC)CC3)=C(\COC)C(C)=O. The number of halogens is 1. The number of nitrogens with zero attached hydrogens (tertiary/aromatic N) is 1. The van der Waals surface area contributed by atoms with Gasteiger partial charge in [0.2, 0.25) is 0 Å². The molecule has 1 heterocycles. The van der Waals surface area contributed by atoms with Crippen LogP contribution in [-0.4, -0.2) is 37.8 Å². The molecule has 2 atom stereocenters. The summed E-state index contributed by atoms with van der Waals surface area (Å²) in [6.45, 7) is 15.8. The number of Topliss-reactive ketones (excluding diaryl/α,β-unsaturated/α-hetero) is 1. The lowest BCUT2D eigenvalue weighted by molar-refractivity contribution is -0.114. The maximum absolute atomic E-state index is 15.0. The lowest BCUT2D eigenvalue weighted by Crippen LogP contribution is -2.25. The van der Waals surface area contributed by atoms with Gasteiger partial charge in [-0.05, 0) is 92.8 Å². The summed E-state index contributed by atoms with van der Waals surface area (Å²) < 4.78 is 20.3. The van der Waals surface area contributed by atoms with Gasteiger partial charge in [0.15, 0.2) is 5.78 Å². The van der Waals surface area contributed by atoms with Crippen LogP contribution in [-0.2, 0) is 27.2 Å². The summed E-state index contributed by atoms with van der Waals surface area (Å²) >= 11 is 0. The minimum atomic E-state index is -0.437. The van der Waals surface area contributed by atoms with Crippen LogP contribution in [0.2, 0.25) is 0 Å². The van der Waals surface area contributed by atoms with E-state index in [4.69, 9.17) is 9.72 Å². The number of hydrogen-bond acceptors (Lipinski definition) is 5. The molecule has 2 aromatic rings. The number of aryl methyl sites for hydroxylation is 1. The van der Waals surface area contributed by atoms with E-state index in [9.17, 15) is 14.0 Å². The average molecular weight is 539 g/mol. The van der Waals surface area contributed by atoms with Crippen LogP contribution in [0, 0.1) is 24.6 Å². The summed E-state index contributed by atoms with van der Waals surface area (Å²) in [5.74, 6) is -0.420. The summed E-state index contributed by atoms with van der Waals surface area (Å²) in [6, 6.07) is 1.69. The lowest BCUT2D eigenvalue weighted by Gasteiger charge is -2.31. The number of benzene rings is 1. The van der Waals surface area contributed by atoms with Crippen molar-refractivity contribution in [1.82, 2.24) is 10.3 Å². The fourth-order valence-corrected chi connectivity index (χ4v) is 5.64. The largest absolute Gasteiger partial charge is 0.380 e. The molecule has 1 N–H and O–H groups in total. The first-order valence-corrected chi connectivity index (χ1v) is 14.3. The van der Waals surface area contributed by atoms with Crippen molar-refractivity contribution in [3.63, 3.8) is 0 Å². The van der Waals surface area contributed by atoms with E-state index in [1.54, 1.807) is 13.2 Å². The quantitative estimate of drug-likeness (QED) is 0.185. The van der Waals surface area contributed by atoms with E-state index < -0.39 is 5.92 Å².